The number of amides is 1. The molecule has 2 aliphatic rings. The van der Waals surface area contributed by atoms with Gasteiger partial charge in [-0.15, -0.1) is 0 Å². The quantitative estimate of drug-likeness (QED) is 0.923. The molecule has 1 aliphatic heterocycles. The minimum atomic E-state index is 0.0438. The number of rotatable bonds is 4. The predicted molar refractivity (Wildman–Crippen MR) is 96.1 cm³/mol. The molecule has 1 saturated heterocycles. The van der Waals surface area contributed by atoms with Crippen molar-refractivity contribution in [2.24, 2.45) is 17.1 Å². The topological polar surface area (TPSA) is 55.6 Å². The molecule has 4 nitrogen and oxygen atoms in total. The van der Waals surface area contributed by atoms with E-state index in [9.17, 15) is 4.79 Å². The Hall–Kier alpha value is -1.55. The summed E-state index contributed by atoms with van der Waals surface area (Å²) in [6, 6.07) is 6.28. The van der Waals surface area contributed by atoms with Gasteiger partial charge in [0.15, 0.2) is 6.61 Å². The minimum Gasteiger partial charge on any atom is -0.484 e. The highest BCUT2D eigenvalue weighted by Crippen LogP contribution is 2.30. The summed E-state index contributed by atoms with van der Waals surface area (Å²) in [5.74, 6) is 1.23. The predicted octanol–water partition coefficient (Wildman–Crippen LogP) is 2.78. The van der Waals surface area contributed by atoms with Crippen LogP contribution in [0.5, 0.6) is 5.75 Å². The Kier molecular flexibility index (Phi) is 4.86. The van der Waals surface area contributed by atoms with E-state index >= 15 is 0 Å². The fourth-order valence-corrected chi connectivity index (χ4v) is 3.98. The highest BCUT2D eigenvalue weighted by molar-refractivity contribution is 5.78. The minimum absolute atomic E-state index is 0.0438. The van der Waals surface area contributed by atoms with E-state index in [2.05, 4.69) is 32.9 Å². The molecule has 2 atom stereocenters. The molecule has 0 spiro atoms. The summed E-state index contributed by atoms with van der Waals surface area (Å²) in [6.45, 7) is 8.18. The van der Waals surface area contributed by atoms with Crippen LogP contribution in [0.4, 0.5) is 0 Å². The van der Waals surface area contributed by atoms with Gasteiger partial charge in [-0.2, -0.15) is 0 Å². The van der Waals surface area contributed by atoms with Crippen molar-refractivity contribution in [3.63, 3.8) is 0 Å². The molecule has 1 aliphatic carbocycles. The van der Waals surface area contributed by atoms with Crippen LogP contribution in [0, 0.1) is 11.3 Å². The molecule has 1 fully saturated rings. The summed E-state index contributed by atoms with van der Waals surface area (Å²) in [6.07, 6.45) is 4.55. The fourth-order valence-electron chi connectivity index (χ4n) is 3.98. The lowest BCUT2D eigenvalue weighted by molar-refractivity contribution is -0.132. The van der Waals surface area contributed by atoms with Gasteiger partial charge in [-0.1, -0.05) is 26.8 Å². The first-order valence-electron chi connectivity index (χ1n) is 9.10. The molecule has 2 unspecified atom stereocenters. The smallest absolute Gasteiger partial charge is 0.260 e. The molecule has 24 heavy (non-hydrogen) atoms. The summed E-state index contributed by atoms with van der Waals surface area (Å²) in [5, 5.41) is 0. The normalized spacial score (nSPS) is 23.4. The maximum atomic E-state index is 12.5. The number of benzene rings is 1. The van der Waals surface area contributed by atoms with Gasteiger partial charge in [0.2, 0.25) is 0 Å². The molecular formula is C20H30N2O2. The van der Waals surface area contributed by atoms with E-state index in [1.54, 1.807) is 0 Å². The number of nitrogens with two attached hydrogens (primary N) is 1. The molecule has 3 rings (SSSR count). The van der Waals surface area contributed by atoms with Crippen LogP contribution < -0.4 is 10.5 Å². The number of likely N-dealkylation sites (tertiary alicyclic amines) is 1. The summed E-state index contributed by atoms with van der Waals surface area (Å²) in [7, 11) is 0. The van der Waals surface area contributed by atoms with Crippen molar-refractivity contribution >= 4 is 5.91 Å². The number of ether oxygens (including phenoxy) is 1. The van der Waals surface area contributed by atoms with E-state index < -0.39 is 0 Å². The number of nitrogens with zero attached hydrogens (tertiary/aromatic N) is 1. The van der Waals surface area contributed by atoms with Crippen LogP contribution in [0.25, 0.3) is 0 Å². The maximum Gasteiger partial charge on any atom is 0.260 e. The van der Waals surface area contributed by atoms with Gasteiger partial charge in [0.25, 0.3) is 5.91 Å². The summed E-state index contributed by atoms with van der Waals surface area (Å²) < 4.78 is 5.74. The molecular weight excluding hydrogens is 300 g/mol. The lowest BCUT2D eigenvalue weighted by atomic mass is 9.83. The van der Waals surface area contributed by atoms with Crippen molar-refractivity contribution in [3.8, 4) is 5.75 Å². The second kappa shape index (κ2) is 6.75. The Morgan fingerprint density at radius 3 is 2.75 bits per heavy atom. The van der Waals surface area contributed by atoms with Crippen molar-refractivity contribution < 1.29 is 9.53 Å². The second-order valence-corrected chi connectivity index (χ2v) is 8.56. The van der Waals surface area contributed by atoms with Crippen LogP contribution in [0.1, 0.15) is 44.7 Å². The molecule has 2 N–H and O–H groups in total. The lowest BCUT2D eigenvalue weighted by Gasteiger charge is -2.24. The molecule has 0 aromatic heterocycles. The highest BCUT2D eigenvalue weighted by atomic mass is 16.5. The van der Waals surface area contributed by atoms with Gasteiger partial charge in [-0.3, -0.25) is 4.79 Å². The van der Waals surface area contributed by atoms with E-state index in [0.29, 0.717) is 12.5 Å². The van der Waals surface area contributed by atoms with Crippen LogP contribution in [0.2, 0.25) is 0 Å². The van der Waals surface area contributed by atoms with E-state index in [-0.39, 0.29) is 24.0 Å². The van der Waals surface area contributed by atoms with Gasteiger partial charge >= 0.3 is 0 Å². The highest BCUT2D eigenvalue weighted by Gasteiger charge is 2.35. The molecule has 1 heterocycles. The Balaban J connectivity index is 1.52. The van der Waals surface area contributed by atoms with Crippen molar-refractivity contribution in [1.29, 1.82) is 0 Å². The average Bonchev–Trinajstić information content (AvgIpc) is 3.10. The van der Waals surface area contributed by atoms with Crippen LogP contribution in [-0.2, 0) is 17.6 Å². The Morgan fingerprint density at radius 2 is 2.00 bits per heavy atom. The van der Waals surface area contributed by atoms with E-state index in [0.717, 1.165) is 31.6 Å². The molecule has 0 radical (unpaired) electrons. The maximum absolute atomic E-state index is 12.5. The average molecular weight is 330 g/mol. The summed E-state index contributed by atoms with van der Waals surface area (Å²) >= 11 is 0. The number of hydrogen-bond donors (Lipinski definition) is 1. The van der Waals surface area contributed by atoms with Crippen molar-refractivity contribution in [3.05, 3.63) is 29.3 Å². The molecule has 1 amide bonds. The Bertz CT molecular complexity index is 606. The third-order valence-corrected chi connectivity index (χ3v) is 5.15. The van der Waals surface area contributed by atoms with Crippen LogP contribution in [0.3, 0.4) is 0 Å². The zero-order chi connectivity index (χ0) is 17.3. The van der Waals surface area contributed by atoms with Crippen LogP contribution in [0.15, 0.2) is 18.2 Å². The Morgan fingerprint density at radius 1 is 1.25 bits per heavy atom. The largest absolute Gasteiger partial charge is 0.484 e. The van der Waals surface area contributed by atoms with Gasteiger partial charge in [-0.05, 0) is 60.3 Å². The van der Waals surface area contributed by atoms with Gasteiger partial charge in [0, 0.05) is 19.1 Å². The van der Waals surface area contributed by atoms with Gasteiger partial charge < -0.3 is 15.4 Å². The van der Waals surface area contributed by atoms with Crippen molar-refractivity contribution in [2.75, 3.05) is 19.7 Å². The van der Waals surface area contributed by atoms with Gasteiger partial charge in [0.05, 0.1) is 0 Å². The summed E-state index contributed by atoms with van der Waals surface area (Å²) in [4.78, 5) is 14.3. The van der Waals surface area contributed by atoms with E-state index in [1.165, 1.54) is 17.5 Å². The Labute approximate surface area is 145 Å². The first-order valence-corrected chi connectivity index (χ1v) is 9.10. The zero-order valence-electron chi connectivity index (χ0n) is 15.2. The number of carbonyl (C=O) groups is 1. The van der Waals surface area contributed by atoms with E-state index in [1.807, 2.05) is 11.0 Å². The van der Waals surface area contributed by atoms with Crippen molar-refractivity contribution in [2.45, 2.75) is 52.5 Å². The van der Waals surface area contributed by atoms with Crippen molar-refractivity contribution in [1.82, 2.24) is 4.90 Å². The van der Waals surface area contributed by atoms with Crippen LogP contribution >= 0.6 is 0 Å². The number of fused-ring (bicyclic) bond motifs is 1. The van der Waals surface area contributed by atoms with Gasteiger partial charge in [-0.25, -0.2) is 0 Å². The van der Waals surface area contributed by atoms with E-state index in [4.69, 9.17) is 10.5 Å². The number of aryl methyl sites for hydroxylation is 2. The number of hydrogen-bond acceptors (Lipinski definition) is 3. The second-order valence-electron chi connectivity index (χ2n) is 8.56. The molecule has 0 saturated carbocycles. The van der Waals surface area contributed by atoms with Crippen LogP contribution in [-0.4, -0.2) is 36.5 Å². The molecule has 0 bridgehead atoms. The zero-order valence-corrected chi connectivity index (χ0v) is 15.2. The molecule has 1 aromatic carbocycles. The standard InChI is InChI=1S/C20H30N2O2/c1-20(2,3)10-16-11-22(12-18(16)21)19(23)13-24-17-8-7-14-5-4-6-15(14)9-17/h7-9,16,18H,4-6,10-13,21H2,1-3H3. The third-order valence-electron chi connectivity index (χ3n) is 5.15. The molecule has 4 heteroatoms. The number of carbonyl (C=O) groups excluding carboxylic acids is 1. The van der Waals surface area contributed by atoms with Gasteiger partial charge in [0.1, 0.15) is 5.75 Å². The summed E-state index contributed by atoms with van der Waals surface area (Å²) in [5.41, 5.74) is 9.28. The SMILES string of the molecule is CC(C)(C)CC1CN(C(=O)COc2ccc3c(c2)CCC3)CC1N. The lowest BCUT2D eigenvalue weighted by Crippen LogP contribution is -2.35. The molecule has 132 valence electrons. The third kappa shape index (κ3) is 4.10. The fraction of sp³-hybridized carbons (Fsp3) is 0.650. The molecule has 1 aromatic rings. The first-order chi connectivity index (χ1) is 11.3. The first kappa shape index (κ1) is 17.3. The monoisotopic (exact) mass is 330 g/mol.